The van der Waals surface area contributed by atoms with Crippen LogP contribution >= 0.6 is 11.6 Å². The van der Waals surface area contributed by atoms with Gasteiger partial charge in [-0.1, -0.05) is 35.5 Å². The molecular formula is C18H25ClN2O5. The van der Waals surface area contributed by atoms with Crippen molar-refractivity contribution in [3.63, 3.8) is 0 Å². The molecule has 0 saturated carbocycles. The van der Waals surface area contributed by atoms with Crippen molar-refractivity contribution in [2.45, 2.75) is 51.9 Å². The Labute approximate surface area is 158 Å². The van der Waals surface area contributed by atoms with Crippen molar-refractivity contribution in [1.82, 2.24) is 5.32 Å². The number of benzene rings is 1. The maximum atomic E-state index is 11.7. The van der Waals surface area contributed by atoms with Crippen LogP contribution in [0.5, 0.6) is 0 Å². The first kappa shape index (κ1) is 21.8. The predicted octanol–water partition coefficient (Wildman–Crippen LogP) is 3.56. The fourth-order valence-corrected chi connectivity index (χ4v) is 2.11. The van der Waals surface area contributed by atoms with Gasteiger partial charge in [-0.05, 0) is 39.2 Å². The summed E-state index contributed by atoms with van der Waals surface area (Å²) in [5, 5.41) is 15.5. The number of nitrogens with zero attached hydrogens (tertiary/aromatic N) is 1. The number of hydrogen-bond acceptors (Lipinski definition) is 5. The van der Waals surface area contributed by atoms with Gasteiger partial charge in [0, 0.05) is 0 Å². The van der Waals surface area contributed by atoms with Gasteiger partial charge in [0.05, 0.1) is 11.6 Å². The van der Waals surface area contributed by atoms with E-state index in [1.54, 1.807) is 20.8 Å². The van der Waals surface area contributed by atoms with Gasteiger partial charge in [0.1, 0.15) is 18.2 Å². The molecule has 0 aliphatic rings. The summed E-state index contributed by atoms with van der Waals surface area (Å²) in [5.41, 5.74) is 0.751. The molecule has 0 radical (unpaired) electrons. The Bertz CT molecular complexity index is 614. The molecule has 144 valence electrons. The number of carboxylic acid groups (broad SMARTS) is 1. The first-order valence-electron chi connectivity index (χ1n) is 8.21. The molecule has 1 amide bonds. The lowest BCUT2D eigenvalue weighted by molar-refractivity contribution is -0.139. The summed E-state index contributed by atoms with van der Waals surface area (Å²) in [6.07, 6.45) is -0.394. The molecule has 0 spiro atoms. The Morgan fingerprint density at radius 1 is 1.27 bits per heavy atom. The second-order valence-corrected chi connectivity index (χ2v) is 6.89. The number of amides is 1. The van der Waals surface area contributed by atoms with Gasteiger partial charge < -0.3 is 20.0 Å². The number of carbonyl (C=O) groups is 2. The van der Waals surface area contributed by atoms with Crippen molar-refractivity contribution >= 4 is 29.4 Å². The van der Waals surface area contributed by atoms with Crippen LogP contribution in [-0.2, 0) is 21.0 Å². The molecule has 2 N–H and O–H groups in total. The predicted molar refractivity (Wildman–Crippen MR) is 99.4 cm³/mol. The molecule has 7 nitrogen and oxygen atoms in total. The molecule has 0 aromatic heterocycles. The quantitative estimate of drug-likeness (QED) is 0.385. The van der Waals surface area contributed by atoms with Crippen LogP contribution in [0.15, 0.2) is 35.5 Å². The number of nitrogens with one attached hydrogen (secondary N) is 1. The Hall–Kier alpha value is -2.28. The highest BCUT2D eigenvalue weighted by atomic mass is 35.5. The Kier molecular flexibility index (Phi) is 8.92. The number of rotatable bonds is 9. The fraction of sp³-hybridized carbons (Fsp3) is 0.500. The van der Waals surface area contributed by atoms with Crippen LogP contribution in [0.2, 0.25) is 0 Å². The molecule has 0 saturated heterocycles. The number of aliphatic carboxylic acids is 1. The molecule has 0 unspecified atom stereocenters. The average molecular weight is 385 g/mol. The lowest BCUT2D eigenvalue weighted by Crippen LogP contribution is -2.43. The second-order valence-electron chi connectivity index (χ2n) is 6.63. The fourth-order valence-electron chi connectivity index (χ4n) is 1.93. The normalized spacial score (nSPS) is 13.0. The second kappa shape index (κ2) is 10.7. The van der Waals surface area contributed by atoms with E-state index in [1.807, 2.05) is 30.3 Å². The van der Waals surface area contributed by atoms with E-state index in [4.69, 9.17) is 21.2 Å². The Morgan fingerprint density at radius 2 is 1.92 bits per heavy atom. The summed E-state index contributed by atoms with van der Waals surface area (Å²) >= 11 is 5.83. The number of halogens is 1. The number of alkyl halides is 1. The highest BCUT2D eigenvalue weighted by Crippen LogP contribution is 2.09. The van der Waals surface area contributed by atoms with Crippen molar-refractivity contribution in [2.75, 3.05) is 5.88 Å². The van der Waals surface area contributed by atoms with Crippen LogP contribution in [0, 0.1) is 0 Å². The van der Waals surface area contributed by atoms with Gasteiger partial charge in [0.25, 0.3) is 0 Å². The smallest absolute Gasteiger partial charge is 0.408 e. The maximum absolute atomic E-state index is 11.7. The van der Waals surface area contributed by atoms with E-state index in [1.165, 1.54) is 0 Å². The van der Waals surface area contributed by atoms with E-state index in [9.17, 15) is 14.7 Å². The van der Waals surface area contributed by atoms with Gasteiger partial charge in [-0.2, -0.15) is 0 Å². The van der Waals surface area contributed by atoms with Crippen LogP contribution in [0.1, 0.15) is 39.2 Å². The minimum Gasteiger partial charge on any atom is -0.480 e. The van der Waals surface area contributed by atoms with Crippen LogP contribution in [0.25, 0.3) is 0 Å². The Balaban J connectivity index is 2.52. The molecule has 0 aliphatic carbocycles. The van der Waals surface area contributed by atoms with Crippen LogP contribution in [0.3, 0.4) is 0 Å². The van der Waals surface area contributed by atoms with Gasteiger partial charge in [0.2, 0.25) is 0 Å². The number of alkyl carbamates (subject to hydrolysis) is 1. The van der Waals surface area contributed by atoms with Crippen LogP contribution in [-0.4, -0.2) is 40.4 Å². The number of ether oxygens (including phenoxy) is 1. The zero-order chi connectivity index (χ0) is 19.6. The SMILES string of the molecule is CC(C)(C)OC(=O)N[C@@H](CC/C(CCl)=N\OCc1ccccc1)C(=O)O. The molecule has 1 atom stereocenters. The first-order valence-corrected chi connectivity index (χ1v) is 8.74. The average Bonchev–Trinajstić information content (AvgIpc) is 2.55. The molecule has 0 bridgehead atoms. The molecular weight excluding hydrogens is 360 g/mol. The molecule has 1 aromatic rings. The largest absolute Gasteiger partial charge is 0.480 e. The summed E-state index contributed by atoms with van der Waals surface area (Å²) in [5.74, 6) is -1.05. The summed E-state index contributed by atoms with van der Waals surface area (Å²) in [4.78, 5) is 28.3. The number of oxime groups is 1. The van der Waals surface area contributed by atoms with Crippen molar-refractivity contribution in [3.05, 3.63) is 35.9 Å². The molecule has 0 fully saturated rings. The van der Waals surface area contributed by atoms with Gasteiger partial charge in [0.15, 0.2) is 0 Å². The standard InChI is InChI=1S/C18H25ClN2O5/c1-18(2,3)26-17(24)20-15(16(22)23)10-9-14(11-19)21-25-12-13-7-5-4-6-8-13/h4-8,15H,9-12H2,1-3H3,(H,20,24)(H,22,23)/b21-14+/t15-/m0/s1. The molecule has 0 aliphatic heterocycles. The summed E-state index contributed by atoms with van der Waals surface area (Å²) in [7, 11) is 0. The van der Waals surface area contributed by atoms with Crippen molar-refractivity contribution in [3.8, 4) is 0 Å². The van der Waals surface area contributed by atoms with E-state index in [-0.39, 0.29) is 18.7 Å². The molecule has 26 heavy (non-hydrogen) atoms. The third-order valence-electron chi connectivity index (χ3n) is 3.13. The highest BCUT2D eigenvalue weighted by Gasteiger charge is 2.24. The molecule has 8 heteroatoms. The van der Waals surface area contributed by atoms with Crippen LogP contribution < -0.4 is 5.32 Å². The van der Waals surface area contributed by atoms with E-state index in [2.05, 4.69) is 10.5 Å². The van der Waals surface area contributed by atoms with Crippen molar-refractivity contribution in [2.24, 2.45) is 5.16 Å². The van der Waals surface area contributed by atoms with E-state index >= 15 is 0 Å². The van der Waals surface area contributed by atoms with Gasteiger partial charge >= 0.3 is 12.1 Å². The third-order valence-corrected chi connectivity index (χ3v) is 3.44. The Morgan fingerprint density at radius 3 is 2.46 bits per heavy atom. The van der Waals surface area contributed by atoms with Gasteiger partial charge in [-0.15, -0.1) is 11.6 Å². The summed E-state index contributed by atoms with van der Waals surface area (Å²) < 4.78 is 5.07. The highest BCUT2D eigenvalue weighted by molar-refractivity contribution is 6.28. The third kappa shape index (κ3) is 9.27. The van der Waals surface area contributed by atoms with E-state index in [0.717, 1.165) is 5.56 Å². The number of hydrogen-bond donors (Lipinski definition) is 2. The van der Waals surface area contributed by atoms with Gasteiger partial charge in [-0.25, -0.2) is 9.59 Å². The zero-order valence-electron chi connectivity index (χ0n) is 15.2. The summed E-state index contributed by atoms with van der Waals surface area (Å²) in [6, 6.07) is 8.39. The number of carbonyl (C=O) groups excluding carboxylic acids is 1. The maximum Gasteiger partial charge on any atom is 0.408 e. The minimum atomic E-state index is -1.16. The van der Waals surface area contributed by atoms with Crippen molar-refractivity contribution in [1.29, 1.82) is 0 Å². The molecule has 0 heterocycles. The lowest BCUT2D eigenvalue weighted by atomic mass is 10.1. The first-order chi connectivity index (χ1) is 12.2. The van der Waals surface area contributed by atoms with Crippen molar-refractivity contribution < 1.29 is 24.3 Å². The topological polar surface area (TPSA) is 97.2 Å². The van der Waals surface area contributed by atoms with Crippen LogP contribution in [0.4, 0.5) is 4.79 Å². The molecule has 1 aromatic carbocycles. The molecule has 1 rings (SSSR count). The van der Waals surface area contributed by atoms with E-state index < -0.39 is 23.7 Å². The summed E-state index contributed by atoms with van der Waals surface area (Å²) in [6.45, 7) is 5.39. The minimum absolute atomic E-state index is 0.105. The van der Waals surface area contributed by atoms with Gasteiger partial charge in [-0.3, -0.25) is 0 Å². The van der Waals surface area contributed by atoms with E-state index in [0.29, 0.717) is 12.3 Å². The lowest BCUT2D eigenvalue weighted by Gasteiger charge is -2.22. The number of carboxylic acids is 1. The zero-order valence-corrected chi connectivity index (χ0v) is 16.0. The monoisotopic (exact) mass is 384 g/mol.